The standard InChI is InChI=1S/C9H7Cl2NO/c10-5-1-8(11)7-3-6(4-12)13-9(7)2-5/h1-3H,4,12H2. The molecule has 0 fully saturated rings. The number of fused-ring (bicyclic) bond motifs is 1. The van der Waals surface area contributed by atoms with Crippen LogP contribution in [0.4, 0.5) is 0 Å². The summed E-state index contributed by atoms with van der Waals surface area (Å²) in [4.78, 5) is 0. The lowest BCUT2D eigenvalue weighted by Gasteiger charge is -1.92. The van der Waals surface area contributed by atoms with Crippen molar-refractivity contribution in [3.05, 3.63) is 34.0 Å². The molecule has 2 rings (SSSR count). The zero-order chi connectivity index (χ0) is 9.42. The number of hydrogen-bond acceptors (Lipinski definition) is 2. The predicted molar refractivity (Wildman–Crippen MR) is 54.1 cm³/mol. The van der Waals surface area contributed by atoms with Crippen molar-refractivity contribution in [1.29, 1.82) is 0 Å². The number of halogens is 2. The first kappa shape index (κ1) is 8.88. The second-order valence-corrected chi connectivity index (χ2v) is 3.56. The highest BCUT2D eigenvalue weighted by Gasteiger charge is 2.06. The smallest absolute Gasteiger partial charge is 0.137 e. The number of furan rings is 1. The van der Waals surface area contributed by atoms with E-state index in [0.717, 1.165) is 5.39 Å². The van der Waals surface area contributed by atoms with Gasteiger partial charge in [0.15, 0.2) is 0 Å². The Labute approximate surface area is 85.2 Å². The Hall–Kier alpha value is -0.700. The Morgan fingerprint density at radius 3 is 2.69 bits per heavy atom. The van der Waals surface area contributed by atoms with Crippen molar-refractivity contribution >= 4 is 34.2 Å². The van der Waals surface area contributed by atoms with Crippen LogP contribution in [-0.2, 0) is 6.54 Å². The summed E-state index contributed by atoms with van der Waals surface area (Å²) in [5.74, 6) is 0.708. The van der Waals surface area contributed by atoms with E-state index < -0.39 is 0 Å². The molecule has 0 unspecified atom stereocenters. The number of hydrogen-bond donors (Lipinski definition) is 1. The molecule has 0 amide bonds. The van der Waals surface area contributed by atoms with E-state index in [-0.39, 0.29) is 0 Å². The SMILES string of the molecule is NCc1cc2c(Cl)cc(Cl)cc2o1. The van der Waals surface area contributed by atoms with Gasteiger partial charge in [-0.1, -0.05) is 23.2 Å². The monoisotopic (exact) mass is 215 g/mol. The molecule has 2 aromatic rings. The molecule has 1 aromatic carbocycles. The van der Waals surface area contributed by atoms with Crippen LogP contribution < -0.4 is 5.73 Å². The van der Waals surface area contributed by atoms with E-state index in [2.05, 4.69) is 0 Å². The van der Waals surface area contributed by atoms with E-state index in [9.17, 15) is 0 Å². The lowest BCUT2D eigenvalue weighted by Crippen LogP contribution is -1.92. The molecule has 2 N–H and O–H groups in total. The second kappa shape index (κ2) is 3.22. The van der Waals surface area contributed by atoms with E-state index in [1.165, 1.54) is 0 Å². The van der Waals surface area contributed by atoms with Crippen molar-refractivity contribution in [3.8, 4) is 0 Å². The van der Waals surface area contributed by atoms with Crippen LogP contribution in [0.3, 0.4) is 0 Å². The number of rotatable bonds is 1. The van der Waals surface area contributed by atoms with Gasteiger partial charge in [0.2, 0.25) is 0 Å². The highest BCUT2D eigenvalue weighted by atomic mass is 35.5. The van der Waals surface area contributed by atoms with E-state index >= 15 is 0 Å². The first-order chi connectivity index (χ1) is 6.20. The second-order valence-electron chi connectivity index (χ2n) is 2.72. The predicted octanol–water partition coefficient (Wildman–Crippen LogP) is 3.20. The molecular weight excluding hydrogens is 209 g/mol. The van der Waals surface area contributed by atoms with Crippen molar-refractivity contribution in [2.24, 2.45) is 5.73 Å². The Balaban J connectivity index is 2.75. The summed E-state index contributed by atoms with van der Waals surface area (Å²) in [6.07, 6.45) is 0. The topological polar surface area (TPSA) is 39.2 Å². The largest absolute Gasteiger partial charge is 0.460 e. The molecule has 0 atom stereocenters. The minimum atomic E-state index is 0.364. The maximum absolute atomic E-state index is 5.95. The minimum absolute atomic E-state index is 0.364. The quantitative estimate of drug-likeness (QED) is 0.794. The maximum Gasteiger partial charge on any atom is 0.137 e. The molecule has 0 spiro atoms. The summed E-state index contributed by atoms with van der Waals surface area (Å²) < 4.78 is 5.38. The van der Waals surface area contributed by atoms with Crippen molar-refractivity contribution < 1.29 is 4.42 Å². The molecule has 68 valence electrons. The summed E-state index contributed by atoms with van der Waals surface area (Å²) in [6.45, 7) is 0.364. The summed E-state index contributed by atoms with van der Waals surface area (Å²) >= 11 is 11.7. The molecule has 0 radical (unpaired) electrons. The summed E-state index contributed by atoms with van der Waals surface area (Å²) in [7, 11) is 0. The molecule has 0 bridgehead atoms. The van der Waals surface area contributed by atoms with Gasteiger partial charge in [-0.05, 0) is 12.1 Å². The third kappa shape index (κ3) is 1.53. The zero-order valence-corrected chi connectivity index (χ0v) is 8.19. The van der Waals surface area contributed by atoms with Gasteiger partial charge in [0.05, 0.1) is 11.6 Å². The van der Waals surface area contributed by atoms with Crippen molar-refractivity contribution in [3.63, 3.8) is 0 Å². The molecule has 13 heavy (non-hydrogen) atoms. The summed E-state index contributed by atoms with van der Waals surface area (Å²) in [5, 5.41) is 2.01. The highest BCUT2D eigenvalue weighted by molar-refractivity contribution is 6.38. The van der Waals surface area contributed by atoms with Crippen LogP contribution >= 0.6 is 23.2 Å². The third-order valence-electron chi connectivity index (χ3n) is 1.80. The molecule has 2 nitrogen and oxygen atoms in total. The van der Waals surface area contributed by atoms with Crippen molar-refractivity contribution in [2.45, 2.75) is 6.54 Å². The first-order valence-electron chi connectivity index (χ1n) is 3.78. The highest BCUT2D eigenvalue weighted by Crippen LogP contribution is 2.30. The van der Waals surface area contributed by atoms with E-state index in [1.54, 1.807) is 12.1 Å². The third-order valence-corrected chi connectivity index (χ3v) is 2.33. The van der Waals surface area contributed by atoms with Gasteiger partial charge >= 0.3 is 0 Å². The normalized spacial score (nSPS) is 11.0. The Bertz CT molecular complexity index is 450. The fraction of sp³-hybridized carbons (Fsp3) is 0.111. The van der Waals surface area contributed by atoms with Crippen LogP contribution in [0.1, 0.15) is 5.76 Å². The molecule has 0 saturated carbocycles. The minimum Gasteiger partial charge on any atom is -0.460 e. The van der Waals surface area contributed by atoms with Gasteiger partial charge in [-0.25, -0.2) is 0 Å². The van der Waals surface area contributed by atoms with Gasteiger partial charge in [0.1, 0.15) is 11.3 Å². The summed E-state index contributed by atoms with van der Waals surface area (Å²) in [6, 6.07) is 5.23. The van der Waals surface area contributed by atoms with E-state index in [1.807, 2.05) is 6.07 Å². The van der Waals surface area contributed by atoms with Crippen molar-refractivity contribution in [1.82, 2.24) is 0 Å². The fourth-order valence-electron chi connectivity index (χ4n) is 1.22. The maximum atomic E-state index is 5.95. The van der Waals surface area contributed by atoms with Crippen LogP contribution in [0.15, 0.2) is 22.6 Å². The molecule has 1 heterocycles. The Morgan fingerprint density at radius 2 is 2.00 bits per heavy atom. The van der Waals surface area contributed by atoms with Crippen LogP contribution in [0.25, 0.3) is 11.0 Å². The van der Waals surface area contributed by atoms with Crippen LogP contribution in [0.2, 0.25) is 10.0 Å². The van der Waals surface area contributed by atoms with Crippen LogP contribution in [-0.4, -0.2) is 0 Å². The van der Waals surface area contributed by atoms with Crippen LogP contribution in [0.5, 0.6) is 0 Å². The van der Waals surface area contributed by atoms with Gasteiger partial charge < -0.3 is 10.2 Å². The lowest BCUT2D eigenvalue weighted by molar-refractivity contribution is 0.552. The average Bonchev–Trinajstić information content (AvgIpc) is 2.47. The van der Waals surface area contributed by atoms with Gasteiger partial charge in [-0.15, -0.1) is 0 Å². The fourth-order valence-corrected chi connectivity index (χ4v) is 1.75. The van der Waals surface area contributed by atoms with Gasteiger partial charge in [-0.3, -0.25) is 0 Å². The first-order valence-corrected chi connectivity index (χ1v) is 4.54. The summed E-state index contributed by atoms with van der Waals surface area (Å²) in [5.41, 5.74) is 6.11. The van der Waals surface area contributed by atoms with E-state index in [0.29, 0.717) is 27.9 Å². The molecule has 0 aliphatic carbocycles. The molecule has 0 aliphatic rings. The number of nitrogens with two attached hydrogens (primary N) is 1. The van der Waals surface area contributed by atoms with E-state index in [4.69, 9.17) is 33.4 Å². The van der Waals surface area contributed by atoms with Gasteiger partial charge in [-0.2, -0.15) is 0 Å². The lowest BCUT2D eigenvalue weighted by atomic mass is 10.2. The molecule has 0 saturated heterocycles. The Morgan fingerprint density at radius 1 is 1.23 bits per heavy atom. The van der Waals surface area contributed by atoms with Crippen molar-refractivity contribution in [2.75, 3.05) is 0 Å². The molecular formula is C9H7Cl2NO. The Kier molecular flexibility index (Phi) is 2.20. The molecule has 0 aliphatic heterocycles. The molecule has 1 aromatic heterocycles. The van der Waals surface area contributed by atoms with Crippen LogP contribution in [0, 0.1) is 0 Å². The van der Waals surface area contributed by atoms with Gasteiger partial charge in [0.25, 0.3) is 0 Å². The van der Waals surface area contributed by atoms with Gasteiger partial charge in [0, 0.05) is 16.5 Å². The zero-order valence-electron chi connectivity index (χ0n) is 6.68. The number of benzene rings is 1. The molecule has 4 heteroatoms. The average molecular weight is 216 g/mol.